The molecule has 7 nitrogen and oxygen atoms in total. The average Bonchev–Trinajstić information content (AvgIpc) is 2.80. The summed E-state index contributed by atoms with van der Waals surface area (Å²) in [5, 5.41) is 15.5. The van der Waals surface area contributed by atoms with E-state index in [0.29, 0.717) is 41.4 Å². The number of carbonyl (C=O) groups excluding carboxylic acids is 1. The van der Waals surface area contributed by atoms with Gasteiger partial charge in [0.25, 0.3) is 0 Å². The Kier molecular flexibility index (Phi) is 6.71. The Balaban J connectivity index is 1.46. The number of fused-ring (bicyclic) bond motifs is 1. The highest BCUT2D eigenvalue weighted by molar-refractivity contribution is 6.30. The summed E-state index contributed by atoms with van der Waals surface area (Å²) in [4.78, 5) is 23.3. The Morgan fingerprint density at radius 3 is 2.82 bits per heavy atom. The third kappa shape index (κ3) is 5.20. The van der Waals surface area contributed by atoms with Crippen molar-refractivity contribution in [3.63, 3.8) is 0 Å². The summed E-state index contributed by atoms with van der Waals surface area (Å²) in [6.07, 6.45) is 2.28. The molecule has 3 aromatic rings. The van der Waals surface area contributed by atoms with Crippen LogP contribution in [0.2, 0.25) is 5.02 Å². The molecule has 0 radical (unpaired) electrons. The van der Waals surface area contributed by atoms with E-state index < -0.39 is 24.5 Å². The molecule has 1 aliphatic heterocycles. The number of nitrogens with zero attached hydrogens (tertiary/aromatic N) is 3. The molecular formula is C23H22ClF2N5O2. The number of urea groups is 1. The summed E-state index contributed by atoms with van der Waals surface area (Å²) in [5.74, 6) is -0.605. The number of halogens is 3. The summed E-state index contributed by atoms with van der Waals surface area (Å²) in [7, 11) is 0. The molecule has 1 atom stereocenters. The smallest absolute Gasteiger partial charge is 0.318 e. The van der Waals surface area contributed by atoms with Gasteiger partial charge in [0.1, 0.15) is 11.6 Å². The summed E-state index contributed by atoms with van der Waals surface area (Å²) < 4.78 is 27.1. The maximum absolute atomic E-state index is 13.8. The van der Waals surface area contributed by atoms with Gasteiger partial charge in [0.2, 0.25) is 5.95 Å². The standard InChI is InChI=1S/C23H22ClF2N5O2/c1-13-8-16(25)3-5-19(13)28-22-27-10-15-6-7-31(11-20(15)29-22)23(33)30-21(12-32)14-2-4-17(24)18(26)9-14/h2-5,8-10,21,32H,6-7,11-12H2,1H3,(H,30,33)(H,27,28,29). The SMILES string of the molecule is Cc1cc(F)ccc1Nc1ncc2c(n1)CN(C(=O)NC(CO)c1ccc(Cl)c(F)c1)CC2. The molecule has 1 aliphatic rings. The first-order valence-corrected chi connectivity index (χ1v) is 10.7. The molecular weight excluding hydrogens is 452 g/mol. The van der Waals surface area contributed by atoms with Gasteiger partial charge in [-0.25, -0.2) is 23.5 Å². The molecule has 0 spiro atoms. The van der Waals surface area contributed by atoms with Crippen molar-refractivity contribution >= 4 is 29.3 Å². The number of hydrogen-bond donors (Lipinski definition) is 3. The molecule has 2 aromatic carbocycles. The highest BCUT2D eigenvalue weighted by Gasteiger charge is 2.25. The molecule has 0 saturated heterocycles. The molecule has 10 heteroatoms. The van der Waals surface area contributed by atoms with Gasteiger partial charge in [0, 0.05) is 18.4 Å². The van der Waals surface area contributed by atoms with Crippen LogP contribution in [0.3, 0.4) is 0 Å². The van der Waals surface area contributed by atoms with Crippen molar-refractivity contribution in [3.05, 3.63) is 81.6 Å². The predicted octanol–water partition coefficient (Wildman–Crippen LogP) is 4.26. The Hall–Kier alpha value is -3.30. The fourth-order valence-electron chi connectivity index (χ4n) is 3.63. The second kappa shape index (κ2) is 9.68. The van der Waals surface area contributed by atoms with Crippen molar-refractivity contribution in [2.75, 3.05) is 18.5 Å². The van der Waals surface area contributed by atoms with E-state index in [9.17, 15) is 18.7 Å². The summed E-state index contributed by atoms with van der Waals surface area (Å²) in [6.45, 7) is 2.07. The number of rotatable bonds is 5. The first kappa shape index (κ1) is 22.9. The molecule has 3 N–H and O–H groups in total. The van der Waals surface area contributed by atoms with Crippen LogP contribution in [0, 0.1) is 18.6 Å². The van der Waals surface area contributed by atoms with Crippen LogP contribution < -0.4 is 10.6 Å². The molecule has 0 fully saturated rings. The van der Waals surface area contributed by atoms with E-state index in [-0.39, 0.29) is 17.4 Å². The third-order valence-electron chi connectivity index (χ3n) is 5.49. The number of aryl methyl sites for hydroxylation is 1. The van der Waals surface area contributed by atoms with Crippen molar-refractivity contribution in [1.82, 2.24) is 20.2 Å². The van der Waals surface area contributed by atoms with Crippen LogP contribution >= 0.6 is 11.6 Å². The zero-order chi connectivity index (χ0) is 23.5. The van der Waals surface area contributed by atoms with Crippen LogP contribution in [0.25, 0.3) is 0 Å². The molecule has 1 aromatic heterocycles. The molecule has 0 bridgehead atoms. The minimum absolute atomic E-state index is 0.0330. The minimum Gasteiger partial charge on any atom is -0.394 e. The lowest BCUT2D eigenvalue weighted by atomic mass is 10.1. The molecule has 2 amide bonds. The summed E-state index contributed by atoms with van der Waals surface area (Å²) >= 11 is 5.72. The number of benzene rings is 2. The van der Waals surface area contributed by atoms with Gasteiger partial charge in [-0.05, 0) is 60.4 Å². The average molecular weight is 474 g/mol. The zero-order valence-corrected chi connectivity index (χ0v) is 18.5. The maximum Gasteiger partial charge on any atom is 0.318 e. The van der Waals surface area contributed by atoms with E-state index in [2.05, 4.69) is 20.6 Å². The zero-order valence-electron chi connectivity index (χ0n) is 17.8. The van der Waals surface area contributed by atoms with Crippen LogP contribution in [0.15, 0.2) is 42.6 Å². The quantitative estimate of drug-likeness (QED) is 0.515. The van der Waals surface area contributed by atoms with E-state index in [1.165, 1.54) is 24.3 Å². The number of anilines is 2. The van der Waals surface area contributed by atoms with Gasteiger partial charge in [-0.15, -0.1) is 0 Å². The monoisotopic (exact) mass is 473 g/mol. The van der Waals surface area contributed by atoms with E-state index in [1.54, 1.807) is 30.2 Å². The van der Waals surface area contributed by atoms with E-state index in [4.69, 9.17) is 11.6 Å². The van der Waals surface area contributed by atoms with Gasteiger partial charge in [-0.2, -0.15) is 0 Å². The number of carbonyl (C=O) groups is 1. The number of aliphatic hydroxyl groups excluding tert-OH is 1. The van der Waals surface area contributed by atoms with Gasteiger partial charge < -0.3 is 20.6 Å². The van der Waals surface area contributed by atoms with Gasteiger partial charge in [0.05, 0.1) is 29.9 Å². The van der Waals surface area contributed by atoms with Gasteiger partial charge in [-0.3, -0.25) is 0 Å². The van der Waals surface area contributed by atoms with Crippen molar-refractivity contribution in [3.8, 4) is 0 Å². The highest BCUT2D eigenvalue weighted by Crippen LogP contribution is 2.24. The van der Waals surface area contributed by atoms with E-state index in [1.807, 2.05) is 0 Å². The normalized spacial score (nSPS) is 13.9. The number of aromatic nitrogens is 2. The maximum atomic E-state index is 13.8. The van der Waals surface area contributed by atoms with Crippen molar-refractivity contribution in [1.29, 1.82) is 0 Å². The van der Waals surface area contributed by atoms with Crippen LogP contribution in [0.4, 0.5) is 25.2 Å². The lowest BCUT2D eigenvalue weighted by molar-refractivity contribution is 0.176. The number of hydrogen-bond acceptors (Lipinski definition) is 5. The van der Waals surface area contributed by atoms with Crippen LogP contribution in [-0.2, 0) is 13.0 Å². The first-order chi connectivity index (χ1) is 15.8. The topological polar surface area (TPSA) is 90.4 Å². The van der Waals surface area contributed by atoms with Gasteiger partial charge >= 0.3 is 6.03 Å². The molecule has 1 unspecified atom stereocenters. The van der Waals surface area contributed by atoms with Gasteiger partial charge in [-0.1, -0.05) is 17.7 Å². The van der Waals surface area contributed by atoms with Crippen LogP contribution in [0.5, 0.6) is 0 Å². The molecule has 33 heavy (non-hydrogen) atoms. The van der Waals surface area contributed by atoms with Crippen molar-refractivity contribution in [2.24, 2.45) is 0 Å². The second-order valence-electron chi connectivity index (χ2n) is 7.78. The summed E-state index contributed by atoms with van der Waals surface area (Å²) in [6, 6.07) is 7.32. The van der Waals surface area contributed by atoms with Gasteiger partial charge in [0.15, 0.2) is 0 Å². The Bertz CT molecular complexity index is 1190. The molecule has 2 heterocycles. The lowest BCUT2D eigenvalue weighted by Gasteiger charge is -2.30. The van der Waals surface area contributed by atoms with Crippen molar-refractivity contribution < 1.29 is 18.7 Å². The number of amides is 2. The fraction of sp³-hybridized carbons (Fsp3) is 0.261. The van der Waals surface area contributed by atoms with E-state index in [0.717, 1.165) is 5.56 Å². The third-order valence-corrected chi connectivity index (χ3v) is 5.80. The number of nitrogens with one attached hydrogen (secondary N) is 2. The van der Waals surface area contributed by atoms with Crippen molar-refractivity contribution in [2.45, 2.75) is 25.9 Å². The fourth-order valence-corrected chi connectivity index (χ4v) is 3.75. The second-order valence-corrected chi connectivity index (χ2v) is 8.19. The Morgan fingerprint density at radius 1 is 1.27 bits per heavy atom. The van der Waals surface area contributed by atoms with E-state index >= 15 is 0 Å². The molecule has 0 aliphatic carbocycles. The van der Waals surface area contributed by atoms with Crippen LogP contribution in [-0.4, -0.2) is 39.2 Å². The predicted molar refractivity (Wildman–Crippen MR) is 120 cm³/mol. The highest BCUT2D eigenvalue weighted by atomic mass is 35.5. The Morgan fingerprint density at radius 2 is 2.09 bits per heavy atom. The first-order valence-electron chi connectivity index (χ1n) is 10.3. The molecule has 4 rings (SSSR count). The van der Waals surface area contributed by atoms with Crippen LogP contribution in [0.1, 0.15) is 28.4 Å². The minimum atomic E-state index is -0.783. The molecule has 0 saturated carbocycles. The largest absolute Gasteiger partial charge is 0.394 e. The lowest BCUT2D eigenvalue weighted by Crippen LogP contribution is -2.45. The Labute approximate surface area is 194 Å². The number of aliphatic hydroxyl groups is 1. The summed E-state index contributed by atoms with van der Waals surface area (Å²) in [5.41, 5.74) is 3.42. The molecule has 172 valence electrons.